The van der Waals surface area contributed by atoms with E-state index in [0.717, 1.165) is 32.4 Å². The Morgan fingerprint density at radius 3 is 2.54 bits per heavy atom. The van der Waals surface area contributed by atoms with Crippen molar-refractivity contribution in [2.75, 3.05) is 13.1 Å². The molecule has 0 aromatic rings. The number of urea groups is 1. The summed E-state index contributed by atoms with van der Waals surface area (Å²) in [6.45, 7) is 5.99. The van der Waals surface area contributed by atoms with Crippen molar-refractivity contribution in [3.05, 3.63) is 0 Å². The van der Waals surface area contributed by atoms with Crippen LogP contribution in [0.25, 0.3) is 0 Å². The summed E-state index contributed by atoms with van der Waals surface area (Å²) < 4.78 is 0. The number of nitrogens with zero attached hydrogens (tertiary/aromatic N) is 1. The standard InChI is InChI=1S/C10H20N2O/c1-3-9(2)11-10(13)12-7-5-4-6-8-12/h9H,3-8H2,1-2H3,(H,11,13)/t9-/m1/s1. The van der Waals surface area contributed by atoms with Gasteiger partial charge in [0.2, 0.25) is 0 Å². The molecule has 1 heterocycles. The van der Waals surface area contributed by atoms with Crippen molar-refractivity contribution >= 4 is 6.03 Å². The third-order valence-electron chi connectivity index (χ3n) is 2.63. The summed E-state index contributed by atoms with van der Waals surface area (Å²) in [6.07, 6.45) is 4.59. The summed E-state index contributed by atoms with van der Waals surface area (Å²) >= 11 is 0. The van der Waals surface area contributed by atoms with Crippen LogP contribution in [0.2, 0.25) is 0 Å². The van der Waals surface area contributed by atoms with Crippen molar-refractivity contribution in [2.24, 2.45) is 0 Å². The lowest BCUT2D eigenvalue weighted by molar-refractivity contribution is 0.183. The van der Waals surface area contributed by atoms with Crippen LogP contribution in [-0.4, -0.2) is 30.1 Å². The number of piperidine rings is 1. The summed E-state index contributed by atoms with van der Waals surface area (Å²) in [6, 6.07) is 0.420. The van der Waals surface area contributed by atoms with Crippen LogP contribution in [0.4, 0.5) is 4.79 Å². The molecule has 1 aliphatic heterocycles. The Morgan fingerprint density at radius 1 is 1.38 bits per heavy atom. The molecule has 0 aliphatic carbocycles. The summed E-state index contributed by atoms with van der Waals surface area (Å²) in [5.74, 6) is 0. The molecule has 0 aromatic heterocycles. The van der Waals surface area contributed by atoms with E-state index in [0.29, 0.717) is 6.04 Å². The SMILES string of the molecule is CC[C@@H](C)NC(=O)N1CCCCC1. The number of hydrogen-bond acceptors (Lipinski definition) is 1. The second kappa shape index (κ2) is 5.10. The van der Waals surface area contributed by atoms with Gasteiger partial charge in [0.15, 0.2) is 0 Å². The van der Waals surface area contributed by atoms with E-state index in [1.807, 2.05) is 11.8 Å². The van der Waals surface area contributed by atoms with E-state index < -0.39 is 0 Å². The molecular formula is C10H20N2O. The minimum absolute atomic E-state index is 0.119. The third-order valence-corrected chi connectivity index (χ3v) is 2.63. The molecule has 1 saturated heterocycles. The van der Waals surface area contributed by atoms with Crippen molar-refractivity contribution in [1.82, 2.24) is 10.2 Å². The lowest BCUT2D eigenvalue weighted by Crippen LogP contribution is -2.45. The average Bonchev–Trinajstić information content (AvgIpc) is 2.19. The first-order chi connectivity index (χ1) is 6.24. The van der Waals surface area contributed by atoms with Gasteiger partial charge in [-0.15, -0.1) is 0 Å². The van der Waals surface area contributed by atoms with Gasteiger partial charge in [0, 0.05) is 19.1 Å². The second-order valence-corrected chi connectivity index (χ2v) is 3.81. The monoisotopic (exact) mass is 184 g/mol. The van der Waals surface area contributed by atoms with Gasteiger partial charge >= 0.3 is 6.03 Å². The zero-order valence-electron chi connectivity index (χ0n) is 8.68. The van der Waals surface area contributed by atoms with Gasteiger partial charge in [-0.2, -0.15) is 0 Å². The van der Waals surface area contributed by atoms with E-state index in [9.17, 15) is 4.79 Å². The summed E-state index contributed by atoms with van der Waals surface area (Å²) in [7, 11) is 0. The van der Waals surface area contributed by atoms with Gasteiger partial charge in [0.05, 0.1) is 0 Å². The summed E-state index contributed by atoms with van der Waals surface area (Å²) in [5, 5.41) is 2.99. The van der Waals surface area contributed by atoms with Gasteiger partial charge in [-0.1, -0.05) is 6.92 Å². The third kappa shape index (κ3) is 3.25. The van der Waals surface area contributed by atoms with Crippen LogP contribution in [0, 0.1) is 0 Å². The van der Waals surface area contributed by atoms with Gasteiger partial charge < -0.3 is 10.2 Å². The first-order valence-corrected chi connectivity index (χ1v) is 5.29. The maximum absolute atomic E-state index is 11.6. The molecule has 1 rings (SSSR count). The number of likely N-dealkylation sites (tertiary alicyclic amines) is 1. The van der Waals surface area contributed by atoms with E-state index in [2.05, 4.69) is 12.2 Å². The highest BCUT2D eigenvalue weighted by Gasteiger charge is 2.16. The fraction of sp³-hybridized carbons (Fsp3) is 0.900. The Bertz CT molecular complexity index is 164. The minimum atomic E-state index is 0.119. The highest BCUT2D eigenvalue weighted by Crippen LogP contribution is 2.08. The number of rotatable bonds is 2. The summed E-state index contributed by atoms with van der Waals surface area (Å²) in [5.41, 5.74) is 0. The van der Waals surface area contributed by atoms with E-state index >= 15 is 0 Å². The van der Waals surface area contributed by atoms with Gasteiger partial charge in [-0.05, 0) is 32.6 Å². The fourth-order valence-corrected chi connectivity index (χ4v) is 1.50. The number of amides is 2. The first kappa shape index (κ1) is 10.4. The normalized spacial score (nSPS) is 19.7. The predicted octanol–water partition coefficient (Wildman–Crippen LogP) is 1.98. The lowest BCUT2D eigenvalue weighted by Gasteiger charge is -2.28. The highest BCUT2D eigenvalue weighted by molar-refractivity contribution is 5.74. The van der Waals surface area contributed by atoms with Crippen molar-refractivity contribution in [3.8, 4) is 0 Å². The first-order valence-electron chi connectivity index (χ1n) is 5.29. The number of carbonyl (C=O) groups is 1. The smallest absolute Gasteiger partial charge is 0.317 e. The molecule has 3 heteroatoms. The second-order valence-electron chi connectivity index (χ2n) is 3.81. The van der Waals surface area contributed by atoms with Crippen LogP contribution in [-0.2, 0) is 0 Å². The lowest BCUT2D eigenvalue weighted by atomic mass is 10.1. The van der Waals surface area contributed by atoms with Gasteiger partial charge in [-0.3, -0.25) is 0 Å². The Labute approximate surface area is 80.5 Å². The van der Waals surface area contributed by atoms with Crippen molar-refractivity contribution in [3.63, 3.8) is 0 Å². The van der Waals surface area contributed by atoms with Gasteiger partial charge in [0.25, 0.3) is 0 Å². The molecule has 1 atom stereocenters. The maximum Gasteiger partial charge on any atom is 0.317 e. The molecule has 1 N–H and O–H groups in total. The van der Waals surface area contributed by atoms with Crippen LogP contribution >= 0.6 is 0 Å². The van der Waals surface area contributed by atoms with Gasteiger partial charge in [0.1, 0.15) is 0 Å². The largest absolute Gasteiger partial charge is 0.336 e. The Balaban J connectivity index is 2.29. The molecule has 0 radical (unpaired) electrons. The Kier molecular flexibility index (Phi) is 4.06. The highest BCUT2D eigenvalue weighted by atomic mass is 16.2. The molecular weight excluding hydrogens is 164 g/mol. The van der Waals surface area contributed by atoms with Crippen LogP contribution in [0.3, 0.4) is 0 Å². The fourth-order valence-electron chi connectivity index (χ4n) is 1.50. The van der Waals surface area contributed by atoms with Crippen molar-refractivity contribution in [2.45, 2.75) is 45.6 Å². The zero-order chi connectivity index (χ0) is 9.68. The molecule has 0 spiro atoms. The molecule has 1 aliphatic rings. The van der Waals surface area contributed by atoms with E-state index in [1.165, 1.54) is 6.42 Å². The maximum atomic E-state index is 11.6. The van der Waals surface area contributed by atoms with Crippen LogP contribution in [0.1, 0.15) is 39.5 Å². The molecule has 0 aromatic carbocycles. The molecule has 2 amide bonds. The van der Waals surface area contributed by atoms with Crippen molar-refractivity contribution < 1.29 is 4.79 Å². The van der Waals surface area contributed by atoms with Crippen LogP contribution < -0.4 is 5.32 Å². The predicted molar refractivity (Wildman–Crippen MR) is 53.7 cm³/mol. The van der Waals surface area contributed by atoms with Gasteiger partial charge in [-0.25, -0.2) is 4.79 Å². The summed E-state index contributed by atoms with van der Waals surface area (Å²) in [4.78, 5) is 13.5. The molecule has 13 heavy (non-hydrogen) atoms. The quantitative estimate of drug-likeness (QED) is 0.699. The van der Waals surface area contributed by atoms with E-state index in [-0.39, 0.29) is 6.03 Å². The number of carbonyl (C=O) groups excluding carboxylic acids is 1. The number of hydrogen-bond donors (Lipinski definition) is 1. The Hall–Kier alpha value is -0.730. The molecule has 0 unspecified atom stereocenters. The molecule has 1 fully saturated rings. The Morgan fingerprint density at radius 2 is 2.00 bits per heavy atom. The van der Waals surface area contributed by atoms with Crippen LogP contribution in [0.5, 0.6) is 0 Å². The minimum Gasteiger partial charge on any atom is -0.336 e. The molecule has 0 bridgehead atoms. The van der Waals surface area contributed by atoms with Crippen LogP contribution in [0.15, 0.2) is 0 Å². The van der Waals surface area contributed by atoms with Crippen molar-refractivity contribution in [1.29, 1.82) is 0 Å². The molecule has 3 nitrogen and oxygen atoms in total. The molecule has 0 saturated carbocycles. The van der Waals surface area contributed by atoms with E-state index in [1.54, 1.807) is 0 Å². The average molecular weight is 184 g/mol. The zero-order valence-corrected chi connectivity index (χ0v) is 8.68. The topological polar surface area (TPSA) is 32.3 Å². The molecule has 76 valence electrons. The number of nitrogens with one attached hydrogen (secondary N) is 1. The van der Waals surface area contributed by atoms with E-state index in [4.69, 9.17) is 0 Å².